The molecule has 0 radical (unpaired) electrons. The zero-order valence-corrected chi connectivity index (χ0v) is 14.4. The summed E-state index contributed by atoms with van der Waals surface area (Å²) < 4.78 is 0. The predicted molar refractivity (Wildman–Crippen MR) is 94.8 cm³/mol. The first kappa shape index (κ1) is 18.2. The molecule has 0 aliphatic heterocycles. The molecule has 1 heterocycles. The van der Waals surface area contributed by atoms with Gasteiger partial charge in [-0.2, -0.15) is 0 Å². The summed E-state index contributed by atoms with van der Waals surface area (Å²) in [6, 6.07) is 9.65. The molecule has 0 fully saturated rings. The van der Waals surface area contributed by atoms with E-state index < -0.39 is 12.0 Å². The fourth-order valence-electron chi connectivity index (χ4n) is 2.26. The Labute approximate surface area is 146 Å². The molecule has 0 aliphatic carbocycles. The molecule has 3 N–H and O–H groups in total. The van der Waals surface area contributed by atoms with Crippen LogP contribution < -0.4 is 5.48 Å². The molecule has 0 bridgehead atoms. The molecule has 126 valence electrons. The monoisotopic (exact) mass is 343 g/mol. The number of thiophene rings is 1. The van der Waals surface area contributed by atoms with E-state index in [0.717, 1.165) is 16.0 Å². The first-order valence-corrected chi connectivity index (χ1v) is 8.74. The second kappa shape index (κ2) is 9.24. The molecule has 0 aliphatic rings. The Morgan fingerprint density at radius 2 is 2.00 bits per heavy atom. The van der Waals surface area contributed by atoms with E-state index in [0.29, 0.717) is 19.3 Å². The van der Waals surface area contributed by atoms with Gasteiger partial charge in [0.15, 0.2) is 0 Å². The fourth-order valence-corrected chi connectivity index (χ4v) is 3.01. The van der Waals surface area contributed by atoms with Crippen LogP contribution in [0.1, 0.15) is 53.4 Å². The van der Waals surface area contributed by atoms with Gasteiger partial charge in [0.1, 0.15) is 0 Å². The average molecular weight is 343 g/mol. The van der Waals surface area contributed by atoms with Gasteiger partial charge in [-0.3, -0.25) is 10.0 Å². The van der Waals surface area contributed by atoms with E-state index >= 15 is 0 Å². The van der Waals surface area contributed by atoms with E-state index in [1.54, 1.807) is 16.8 Å². The summed E-state index contributed by atoms with van der Waals surface area (Å²) in [7, 11) is 0. The number of amides is 1. The highest BCUT2D eigenvalue weighted by atomic mass is 32.1. The number of carbonyl (C=O) groups excluding carboxylic acids is 1. The summed E-state index contributed by atoms with van der Waals surface area (Å²) in [5.74, 6) is 5.86. The molecule has 0 saturated heterocycles. The number of carbonyl (C=O) groups is 1. The van der Waals surface area contributed by atoms with Gasteiger partial charge in [0, 0.05) is 12.0 Å². The van der Waals surface area contributed by atoms with E-state index in [-0.39, 0.29) is 6.42 Å². The molecule has 4 nitrogen and oxygen atoms in total. The largest absolute Gasteiger partial charge is 0.388 e. The Morgan fingerprint density at radius 1 is 1.25 bits per heavy atom. The molecule has 1 unspecified atom stereocenters. The molecule has 1 atom stereocenters. The fraction of sp³-hybridized carbons (Fsp3) is 0.316. The lowest BCUT2D eigenvalue weighted by Crippen LogP contribution is -2.17. The van der Waals surface area contributed by atoms with E-state index in [1.807, 2.05) is 31.2 Å². The van der Waals surface area contributed by atoms with Gasteiger partial charge in [-0.15, -0.1) is 11.3 Å². The van der Waals surface area contributed by atoms with Crippen LogP contribution in [0.15, 0.2) is 35.7 Å². The maximum atomic E-state index is 10.9. The number of benzene rings is 1. The summed E-state index contributed by atoms with van der Waals surface area (Å²) in [5, 5.41) is 20.6. The second-order valence-corrected chi connectivity index (χ2v) is 6.57. The Bertz CT molecular complexity index is 725. The lowest BCUT2D eigenvalue weighted by atomic mass is 10.0. The van der Waals surface area contributed by atoms with Crippen molar-refractivity contribution in [2.45, 2.75) is 38.7 Å². The molecule has 0 saturated carbocycles. The number of aryl methyl sites for hydroxylation is 1. The highest BCUT2D eigenvalue weighted by molar-refractivity contribution is 7.10. The van der Waals surface area contributed by atoms with Crippen molar-refractivity contribution < 1.29 is 15.1 Å². The van der Waals surface area contributed by atoms with E-state index in [4.69, 9.17) is 5.21 Å². The van der Waals surface area contributed by atoms with Gasteiger partial charge < -0.3 is 5.11 Å². The van der Waals surface area contributed by atoms with Crippen molar-refractivity contribution in [1.82, 2.24) is 5.48 Å². The van der Waals surface area contributed by atoms with Crippen LogP contribution in [0.25, 0.3) is 0 Å². The predicted octanol–water partition coefficient (Wildman–Crippen LogP) is 3.56. The van der Waals surface area contributed by atoms with Gasteiger partial charge in [0.05, 0.1) is 11.0 Å². The summed E-state index contributed by atoms with van der Waals surface area (Å²) in [5.41, 5.74) is 4.58. The maximum absolute atomic E-state index is 10.9. The normalized spacial score (nSPS) is 11.5. The number of hydroxylamine groups is 1. The molecule has 0 spiro atoms. The number of rotatable bonds is 6. The number of hydrogen-bond donors (Lipinski definition) is 3. The van der Waals surface area contributed by atoms with Crippen molar-refractivity contribution in [3.05, 3.63) is 57.3 Å². The lowest BCUT2D eigenvalue weighted by Gasteiger charge is -2.10. The van der Waals surface area contributed by atoms with E-state index in [2.05, 4.69) is 23.3 Å². The van der Waals surface area contributed by atoms with Gasteiger partial charge in [-0.25, -0.2) is 5.48 Å². The molecular weight excluding hydrogens is 322 g/mol. The highest BCUT2D eigenvalue weighted by Crippen LogP contribution is 2.20. The summed E-state index contributed by atoms with van der Waals surface area (Å²) in [6.45, 7) is 2.05. The van der Waals surface area contributed by atoms with E-state index in [9.17, 15) is 9.90 Å². The minimum absolute atomic E-state index is 0.264. The Hall–Kier alpha value is -2.13. The van der Waals surface area contributed by atoms with Gasteiger partial charge in [0.25, 0.3) is 0 Å². The maximum Gasteiger partial charge on any atom is 0.243 e. The molecule has 2 rings (SSSR count). The van der Waals surface area contributed by atoms with Crippen LogP contribution >= 0.6 is 11.3 Å². The Balaban J connectivity index is 1.85. The van der Waals surface area contributed by atoms with Crippen LogP contribution in [-0.2, 0) is 4.79 Å². The number of unbranched alkanes of at least 4 members (excludes halogenated alkanes) is 1. The van der Waals surface area contributed by atoms with Crippen LogP contribution in [0.3, 0.4) is 0 Å². The van der Waals surface area contributed by atoms with Crippen molar-refractivity contribution in [2.75, 3.05) is 0 Å². The molecule has 5 heteroatoms. The van der Waals surface area contributed by atoms with Crippen molar-refractivity contribution in [3.63, 3.8) is 0 Å². The quantitative estimate of drug-likeness (QED) is 0.325. The first-order chi connectivity index (χ1) is 11.6. The molecule has 1 amide bonds. The standard InChI is InChI=1S/C19H21NO3S/c1-14-12-17(24-13-14)11-8-15-6-9-16(10-7-15)18(21)4-2-3-5-19(22)20-23/h6-7,9-10,12-13,18,21,23H,2-5H2,1H3,(H,20,22). The lowest BCUT2D eigenvalue weighted by molar-refractivity contribution is -0.129. The Morgan fingerprint density at radius 3 is 2.62 bits per heavy atom. The smallest absolute Gasteiger partial charge is 0.243 e. The van der Waals surface area contributed by atoms with Crippen molar-refractivity contribution in [2.24, 2.45) is 0 Å². The topological polar surface area (TPSA) is 69.6 Å². The van der Waals surface area contributed by atoms with Gasteiger partial charge >= 0.3 is 0 Å². The zero-order chi connectivity index (χ0) is 17.4. The third-order valence-electron chi connectivity index (χ3n) is 3.61. The zero-order valence-electron chi connectivity index (χ0n) is 13.6. The highest BCUT2D eigenvalue weighted by Gasteiger charge is 2.07. The minimum atomic E-state index is -0.552. The van der Waals surface area contributed by atoms with Crippen LogP contribution in [0.5, 0.6) is 0 Å². The van der Waals surface area contributed by atoms with Gasteiger partial charge in [-0.1, -0.05) is 30.4 Å². The van der Waals surface area contributed by atoms with Crippen LogP contribution in [0.2, 0.25) is 0 Å². The molecule has 1 aromatic carbocycles. The van der Waals surface area contributed by atoms with Gasteiger partial charge in [-0.05, 0) is 54.5 Å². The number of nitrogens with one attached hydrogen (secondary N) is 1. The molecular formula is C19H21NO3S. The van der Waals surface area contributed by atoms with Crippen LogP contribution in [-0.4, -0.2) is 16.2 Å². The summed E-state index contributed by atoms with van der Waals surface area (Å²) in [4.78, 5) is 11.9. The molecule has 2 aromatic rings. The van der Waals surface area contributed by atoms with Crippen LogP contribution in [0, 0.1) is 18.8 Å². The molecule has 24 heavy (non-hydrogen) atoms. The first-order valence-electron chi connectivity index (χ1n) is 7.86. The number of hydrogen-bond acceptors (Lipinski definition) is 4. The van der Waals surface area contributed by atoms with Crippen LogP contribution in [0.4, 0.5) is 0 Å². The van der Waals surface area contributed by atoms with Gasteiger partial charge in [0.2, 0.25) is 5.91 Å². The van der Waals surface area contributed by atoms with Crippen molar-refractivity contribution in [1.29, 1.82) is 0 Å². The minimum Gasteiger partial charge on any atom is -0.388 e. The summed E-state index contributed by atoms with van der Waals surface area (Å²) in [6.07, 6.45) is 1.64. The third-order valence-corrected chi connectivity index (χ3v) is 4.58. The second-order valence-electron chi connectivity index (χ2n) is 5.66. The average Bonchev–Trinajstić information content (AvgIpc) is 3.02. The third kappa shape index (κ3) is 5.82. The number of aliphatic hydroxyl groups excluding tert-OH is 1. The van der Waals surface area contributed by atoms with Crippen molar-refractivity contribution >= 4 is 17.2 Å². The van der Waals surface area contributed by atoms with E-state index in [1.165, 1.54) is 5.56 Å². The van der Waals surface area contributed by atoms with Crippen molar-refractivity contribution in [3.8, 4) is 11.8 Å². The number of aliphatic hydroxyl groups is 1. The summed E-state index contributed by atoms with van der Waals surface area (Å²) >= 11 is 1.63. The SMILES string of the molecule is Cc1csc(C#Cc2ccc(C(O)CCCCC(=O)NO)cc2)c1. The Kier molecular flexibility index (Phi) is 7.01. The molecule has 1 aromatic heterocycles.